The van der Waals surface area contributed by atoms with Crippen LogP contribution in [0.2, 0.25) is 0 Å². The number of fused-ring (bicyclic) bond motifs is 1. The first-order valence-electron chi connectivity index (χ1n) is 8.25. The summed E-state index contributed by atoms with van der Waals surface area (Å²) in [5.41, 5.74) is 3.62. The van der Waals surface area contributed by atoms with Crippen LogP contribution in [-0.2, 0) is 11.2 Å². The standard InChI is InChI=1S/C20H19BrN2O/c21-18-6-7-19-16(14-18)13-17(12-15-4-2-1-3-5-15)20(22-19)23-8-10-24-11-9-23/h1-7,13-14H,8-12H2. The molecule has 0 unspecified atom stereocenters. The molecule has 0 N–H and O–H groups in total. The van der Waals surface area contributed by atoms with Gasteiger partial charge in [0.15, 0.2) is 0 Å². The third-order valence-electron chi connectivity index (χ3n) is 4.38. The molecule has 0 amide bonds. The van der Waals surface area contributed by atoms with E-state index >= 15 is 0 Å². The third kappa shape index (κ3) is 3.30. The summed E-state index contributed by atoms with van der Waals surface area (Å²) < 4.78 is 6.59. The van der Waals surface area contributed by atoms with Crippen molar-refractivity contribution < 1.29 is 4.74 Å². The lowest BCUT2D eigenvalue weighted by molar-refractivity contribution is 0.122. The number of ether oxygens (including phenoxy) is 1. The summed E-state index contributed by atoms with van der Waals surface area (Å²) in [4.78, 5) is 7.34. The molecule has 3 nitrogen and oxygen atoms in total. The molecule has 0 saturated carbocycles. The second kappa shape index (κ2) is 6.91. The van der Waals surface area contributed by atoms with Crippen molar-refractivity contribution in [1.29, 1.82) is 0 Å². The zero-order valence-corrected chi connectivity index (χ0v) is 15.0. The number of nitrogens with zero attached hydrogens (tertiary/aromatic N) is 2. The van der Waals surface area contributed by atoms with E-state index in [1.165, 1.54) is 16.5 Å². The molecule has 1 aliphatic heterocycles. The van der Waals surface area contributed by atoms with Gasteiger partial charge in [-0.05, 0) is 35.4 Å². The Hall–Kier alpha value is -1.91. The van der Waals surface area contributed by atoms with Crippen LogP contribution in [0.15, 0.2) is 59.1 Å². The summed E-state index contributed by atoms with van der Waals surface area (Å²) >= 11 is 3.56. The number of hydrogen-bond donors (Lipinski definition) is 0. The number of anilines is 1. The van der Waals surface area contributed by atoms with E-state index in [2.05, 4.69) is 75.4 Å². The van der Waals surface area contributed by atoms with Crippen LogP contribution < -0.4 is 4.90 Å². The van der Waals surface area contributed by atoms with Crippen LogP contribution >= 0.6 is 15.9 Å². The minimum atomic E-state index is 0.769. The largest absolute Gasteiger partial charge is 0.378 e. The van der Waals surface area contributed by atoms with Crippen molar-refractivity contribution in [2.75, 3.05) is 31.2 Å². The first-order valence-corrected chi connectivity index (χ1v) is 9.05. The summed E-state index contributed by atoms with van der Waals surface area (Å²) in [6.45, 7) is 3.34. The van der Waals surface area contributed by atoms with Crippen molar-refractivity contribution in [2.24, 2.45) is 0 Å². The average molecular weight is 383 g/mol. The molecule has 1 saturated heterocycles. The maximum Gasteiger partial charge on any atom is 0.132 e. The fraction of sp³-hybridized carbons (Fsp3) is 0.250. The number of benzene rings is 2. The van der Waals surface area contributed by atoms with Crippen LogP contribution in [0, 0.1) is 0 Å². The summed E-state index contributed by atoms with van der Waals surface area (Å²) in [7, 11) is 0. The Balaban J connectivity index is 1.80. The van der Waals surface area contributed by atoms with Gasteiger partial charge in [0, 0.05) is 29.4 Å². The van der Waals surface area contributed by atoms with Gasteiger partial charge in [0.05, 0.1) is 18.7 Å². The highest BCUT2D eigenvalue weighted by atomic mass is 79.9. The van der Waals surface area contributed by atoms with Crippen LogP contribution in [0.1, 0.15) is 11.1 Å². The number of halogens is 1. The van der Waals surface area contributed by atoms with Gasteiger partial charge >= 0.3 is 0 Å². The van der Waals surface area contributed by atoms with Gasteiger partial charge in [-0.3, -0.25) is 0 Å². The molecule has 0 atom stereocenters. The molecule has 0 radical (unpaired) electrons. The maximum absolute atomic E-state index is 5.51. The van der Waals surface area contributed by atoms with E-state index in [0.29, 0.717) is 0 Å². The SMILES string of the molecule is Brc1ccc2nc(N3CCOCC3)c(Cc3ccccc3)cc2c1. The van der Waals surface area contributed by atoms with Crippen molar-refractivity contribution >= 4 is 32.7 Å². The lowest BCUT2D eigenvalue weighted by Crippen LogP contribution is -2.37. The van der Waals surface area contributed by atoms with Crippen molar-refractivity contribution in [1.82, 2.24) is 4.98 Å². The number of hydrogen-bond acceptors (Lipinski definition) is 3. The fourth-order valence-corrected chi connectivity index (χ4v) is 3.55. The van der Waals surface area contributed by atoms with Crippen molar-refractivity contribution in [3.05, 3.63) is 70.2 Å². The molecule has 0 spiro atoms. The summed E-state index contributed by atoms with van der Waals surface area (Å²) in [6, 6.07) is 19.1. The van der Waals surface area contributed by atoms with Gasteiger partial charge in [-0.15, -0.1) is 0 Å². The van der Waals surface area contributed by atoms with Gasteiger partial charge in [-0.1, -0.05) is 46.3 Å². The zero-order chi connectivity index (χ0) is 16.4. The molecule has 1 fully saturated rings. The molecule has 24 heavy (non-hydrogen) atoms. The zero-order valence-electron chi connectivity index (χ0n) is 13.4. The third-order valence-corrected chi connectivity index (χ3v) is 4.87. The minimum Gasteiger partial charge on any atom is -0.378 e. The topological polar surface area (TPSA) is 25.4 Å². The van der Waals surface area contributed by atoms with Gasteiger partial charge < -0.3 is 9.64 Å². The van der Waals surface area contributed by atoms with E-state index in [0.717, 1.165) is 48.5 Å². The Morgan fingerprint density at radius 2 is 1.79 bits per heavy atom. The molecule has 122 valence electrons. The lowest BCUT2D eigenvalue weighted by Gasteiger charge is -2.30. The lowest BCUT2D eigenvalue weighted by atomic mass is 10.0. The Morgan fingerprint density at radius 3 is 2.58 bits per heavy atom. The van der Waals surface area contributed by atoms with E-state index in [9.17, 15) is 0 Å². The van der Waals surface area contributed by atoms with Gasteiger partial charge in [-0.25, -0.2) is 4.98 Å². The molecule has 0 bridgehead atoms. The van der Waals surface area contributed by atoms with Gasteiger partial charge in [0.25, 0.3) is 0 Å². The van der Waals surface area contributed by atoms with Crippen LogP contribution in [0.3, 0.4) is 0 Å². The van der Waals surface area contributed by atoms with Crippen LogP contribution in [0.4, 0.5) is 5.82 Å². The first-order chi connectivity index (χ1) is 11.8. The molecule has 2 aromatic carbocycles. The number of pyridine rings is 1. The summed E-state index contributed by atoms with van der Waals surface area (Å²) in [6.07, 6.45) is 0.892. The van der Waals surface area contributed by atoms with E-state index in [-0.39, 0.29) is 0 Å². The fourth-order valence-electron chi connectivity index (χ4n) is 3.18. The molecule has 1 aliphatic rings. The molecule has 4 rings (SSSR count). The molecule has 0 aliphatic carbocycles. The molecule has 3 aromatic rings. The molecule has 1 aromatic heterocycles. The number of morpholine rings is 1. The Labute approximate surface area is 150 Å². The quantitative estimate of drug-likeness (QED) is 0.669. The van der Waals surface area contributed by atoms with Gasteiger partial charge in [-0.2, -0.15) is 0 Å². The number of aromatic nitrogens is 1. The maximum atomic E-state index is 5.51. The Bertz CT molecular complexity index is 845. The smallest absolute Gasteiger partial charge is 0.132 e. The summed E-state index contributed by atoms with van der Waals surface area (Å²) in [5.74, 6) is 1.09. The Morgan fingerprint density at radius 1 is 1.00 bits per heavy atom. The van der Waals surface area contributed by atoms with Crippen LogP contribution in [0.5, 0.6) is 0 Å². The van der Waals surface area contributed by atoms with Gasteiger partial charge in [0.1, 0.15) is 5.82 Å². The van der Waals surface area contributed by atoms with E-state index in [4.69, 9.17) is 9.72 Å². The van der Waals surface area contributed by atoms with E-state index in [1.54, 1.807) is 0 Å². The molecule has 2 heterocycles. The minimum absolute atomic E-state index is 0.769. The molecular weight excluding hydrogens is 364 g/mol. The van der Waals surface area contributed by atoms with E-state index in [1.807, 2.05) is 0 Å². The van der Waals surface area contributed by atoms with Gasteiger partial charge in [0.2, 0.25) is 0 Å². The highest BCUT2D eigenvalue weighted by Crippen LogP contribution is 2.28. The normalized spacial score (nSPS) is 15.0. The van der Waals surface area contributed by atoms with E-state index < -0.39 is 0 Å². The monoisotopic (exact) mass is 382 g/mol. The number of rotatable bonds is 3. The Kier molecular flexibility index (Phi) is 4.50. The highest BCUT2D eigenvalue weighted by Gasteiger charge is 2.17. The predicted octanol–water partition coefficient (Wildman–Crippen LogP) is 4.42. The molecular formula is C20H19BrN2O. The van der Waals surface area contributed by atoms with Crippen molar-refractivity contribution in [3.63, 3.8) is 0 Å². The van der Waals surface area contributed by atoms with Crippen LogP contribution in [-0.4, -0.2) is 31.3 Å². The highest BCUT2D eigenvalue weighted by molar-refractivity contribution is 9.10. The first kappa shape index (κ1) is 15.6. The second-order valence-corrected chi connectivity index (χ2v) is 6.99. The summed E-state index contributed by atoms with van der Waals surface area (Å²) in [5, 5.41) is 1.17. The van der Waals surface area contributed by atoms with Crippen molar-refractivity contribution in [3.8, 4) is 0 Å². The predicted molar refractivity (Wildman–Crippen MR) is 102 cm³/mol. The molecule has 4 heteroatoms. The van der Waals surface area contributed by atoms with Crippen LogP contribution in [0.25, 0.3) is 10.9 Å². The average Bonchev–Trinajstić information content (AvgIpc) is 2.63. The second-order valence-electron chi connectivity index (χ2n) is 6.07. The van der Waals surface area contributed by atoms with Crippen molar-refractivity contribution in [2.45, 2.75) is 6.42 Å².